The quantitative estimate of drug-likeness (QED) is 0.752. The van der Waals surface area contributed by atoms with Crippen molar-refractivity contribution in [2.75, 3.05) is 19.8 Å². The van der Waals surface area contributed by atoms with Gasteiger partial charge >= 0.3 is 0 Å². The number of rotatable bonds is 6. The van der Waals surface area contributed by atoms with E-state index in [1.807, 2.05) is 0 Å². The molecule has 17 heavy (non-hydrogen) atoms. The average molecular weight is 243 g/mol. The minimum absolute atomic E-state index is 0.0456. The second-order valence-electron chi connectivity index (χ2n) is 6.18. The van der Waals surface area contributed by atoms with Gasteiger partial charge in [-0.2, -0.15) is 0 Å². The van der Waals surface area contributed by atoms with Crippen molar-refractivity contribution in [2.45, 2.75) is 64.5 Å². The number of hydrogen-bond acceptors (Lipinski definition) is 3. The smallest absolute Gasteiger partial charge is 0.0616 e. The van der Waals surface area contributed by atoms with Crippen LogP contribution in [0.15, 0.2) is 0 Å². The molecule has 0 heterocycles. The SMILES string of the molecule is CCNC1(CO)CCCC1CCOC(C)(C)C. The molecule has 0 amide bonds. The minimum Gasteiger partial charge on any atom is -0.394 e. The zero-order valence-electron chi connectivity index (χ0n) is 11.9. The first-order valence-electron chi connectivity index (χ1n) is 6.93. The van der Waals surface area contributed by atoms with E-state index in [2.05, 4.69) is 33.0 Å². The zero-order valence-corrected chi connectivity index (χ0v) is 11.9. The Hall–Kier alpha value is -0.120. The van der Waals surface area contributed by atoms with Crippen molar-refractivity contribution < 1.29 is 9.84 Å². The Balaban J connectivity index is 2.45. The van der Waals surface area contributed by atoms with Gasteiger partial charge in [-0.25, -0.2) is 0 Å². The van der Waals surface area contributed by atoms with Gasteiger partial charge in [-0.15, -0.1) is 0 Å². The lowest BCUT2D eigenvalue weighted by Gasteiger charge is -2.35. The highest BCUT2D eigenvalue weighted by Crippen LogP contribution is 2.37. The fraction of sp³-hybridized carbons (Fsp3) is 1.00. The van der Waals surface area contributed by atoms with Gasteiger partial charge in [-0.1, -0.05) is 13.3 Å². The summed E-state index contributed by atoms with van der Waals surface area (Å²) in [5.74, 6) is 0.551. The van der Waals surface area contributed by atoms with E-state index in [1.54, 1.807) is 0 Å². The average Bonchev–Trinajstić information content (AvgIpc) is 2.61. The lowest BCUT2D eigenvalue weighted by molar-refractivity contribution is -0.0159. The molecule has 0 radical (unpaired) electrons. The van der Waals surface area contributed by atoms with Crippen molar-refractivity contribution in [3.63, 3.8) is 0 Å². The van der Waals surface area contributed by atoms with Crippen LogP contribution in [-0.4, -0.2) is 36.0 Å². The molecule has 1 rings (SSSR count). The number of nitrogens with one attached hydrogen (secondary N) is 1. The Morgan fingerprint density at radius 3 is 2.65 bits per heavy atom. The van der Waals surface area contributed by atoms with Crippen LogP contribution in [0.5, 0.6) is 0 Å². The largest absolute Gasteiger partial charge is 0.394 e. The molecule has 0 bridgehead atoms. The summed E-state index contributed by atoms with van der Waals surface area (Å²) in [5, 5.41) is 13.2. The molecule has 3 heteroatoms. The van der Waals surface area contributed by atoms with Gasteiger partial charge in [0.05, 0.1) is 12.2 Å². The van der Waals surface area contributed by atoms with Crippen molar-refractivity contribution >= 4 is 0 Å². The Morgan fingerprint density at radius 2 is 2.12 bits per heavy atom. The molecule has 0 spiro atoms. The molecule has 0 aromatic heterocycles. The second-order valence-corrected chi connectivity index (χ2v) is 6.18. The highest BCUT2D eigenvalue weighted by atomic mass is 16.5. The van der Waals surface area contributed by atoms with Crippen LogP contribution in [0.4, 0.5) is 0 Å². The summed E-state index contributed by atoms with van der Waals surface area (Å²) in [7, 11) is 0. The van der Waals surface area contributed by atoms with E-state index in [9.17, 15) is 5.11 Å². The maximum Gasteiger partial charge on any atom is 0.0616 e. The van der Waals surface area contributed by atoms with Crippen LogP contribution in [0.2, 0.25) is 0 Å². The Morgan fingerprint density at radius 1 is 1.41 bits per heavy atom. The van der Waals surface area contributed by atoms with Crippen molar-refractivity contribution in [1.82, 2.24) is 5.32 Å². The lowest BCUT2D eigenvalue weighted by Crippen LogP contribution is -2.51. The summed E-state index contributed by atoms with van der Waals surface area (Å²) >= 11 is 0. The molecule has 0 aromatic carbocycles. The standard InChI is InChI=1S/C14H29NO2/c1-5-15-14(11-16)9-6-7-12(14)8-10-17-13(2,3)4/h12,15-16H,5-11H2,1-4H3. The first-order chi connectivity index (χ1) is 7.93. The maximum absolute atomic E-state index is 9.67. The van der Waals surface area contributed by atoms with Crippen LogP contribution >= 0.6 is 0 Å². The molecule has 1 fully saturated rings. The monoisotopic (exact) mass is 243 g/mol. The van der Waals surface area contributed by atoms with Gasteiger partial charge in [-0.05, 0) is 52.5 Å². The summed E-state index contributed by atoms with van der Waals surface area (Å²) in [4.78, 5) is 0. The number of ether oxygens (including phenoxy) is 1. The van der Waals surface area contributed by atoms with Gasteiger partial charge in [0.1, 0.15) is 0 Å². The van der Waals surface area contributed by atoms with Crippen molar-refractivity contribution in [1.29, 1.82) is 0 Å². The molecule has 1 aliphatic carbocycles. The highest BCUT2D eigenvalue weighted by Gasteiger charge is 2.41. The number of hydrogen-bond donors (Lipinski definition) is 2. The van der Waals surface area contributed by atoms with Gasteiger partial charge in [-0.3, -0.25) is 0 Å². The predicted molar refractivity (Wildman–Crippen MR) is 71.2 cm³/mol. The number of aliphatic hydroxyl groups is 1. The van der Waals surface area contributed by atoms with E-state index in [4.69, 9.17) is 4.74 Å². The Kier molecular flexibility index (Phi) is 5.42. The predicted octanol–water partition coefficient (Wildman–Crippen LogP) is 2.33. The first-order valence-corrected chi connectivity index (χ1v) is 6.93. The second kappa shape index (κ2) is 6.17. The molecule has 3 nitrogen and oxygen atoms in total. The lowest BCUT2D eigenvalue weighted by atomic mass is 9.85. The summed E-state index contributed by atoms with van der Waals surface area (Å²) in [5.41, 5.74) is -0.103. The molecule has 2 unspecified atom stereocenters. The Labute approximate surface area is 106 Å². The number of aliphatic hydroxyl groups excluding tert-OH is 1. The van der Waals surface area contributed by atoms with Crippen molar-refractivity contribution in [2.24, 2.45) is 5.92 Å². The molecule has 1 aliphatic rings. The van der Waals surface area contributed by atoms with Gasteiger partial charge in [0.2, 0.25) is 0 Å². The third kappa shape index (κ3) is 4.23. The summed E-state index contributed by atoms with van der Waals surface area (Å²) in [6.07, 6.45) is 4.57. The van der Waals surface area contributed by atoms with Crippen LogP contribution < -0.4 is 5.32 Å². The molecule has 2 atom stereocenters. The van der Waals surface area contributed by atoms with Crippen LogP contribution in [0, 0.1) is 5.92 Å². The Bertz CT molecular complexity index is 225. The van der Waals surface area contributed by atoms with Gasteiger partial charge < -0.3 is 15.2 Å². The highest BCUT2D eigenvalue weighted by molar-refractivity contribution is 4.98. The van der Waals surface area contributed by atoms with Crippen LogP contribution in [0.25, 0.3) is 0 Å². The molecule has 0 saturated heterocycles. The fourth-order valence-corrected chi connectivity index (χ4v) is 2.92. The third-order valence-corrected chi connectivity index (χ3v) is 3.77. The summed E-state index contributed by atoms with van der Waals surface area (Å²) in [6, 6.07) is 0. The maximum atomic E-state index is 9.67. The molecule has 102 valence electrons. The summed E-state index contributed by atoms with van der Waals surface area (Å²) in [6.45, 7) is 10.3. The van der Waals surface area contributed by atoms with E-state index < -0.39 is 0 Å². The van der Waals surface area contributed by atoms with Crippen LogP contribution in [0.3, 0.4) is 0 Å². The molecule has 1 saturated carbocycles. The van der Waals surface area contributed by atoms with Gasteiger partial charge in [0.15, 0.2) is 0 Å². The van der Waals surface area contributed by atoms with Gasteiger partial charge in [0, 0.05) is 12.1 Å². The molecular weight excluding hydrogens is 214 g/mol. The number of likely N-dealkylation sites (N-methyl/N-ethyl adjacent to an activating group) is 1. The fourth-order valence-electron chi connectivity index (χ4n) is 2.92. The van der Waals surface area contributed by atoms with E-state index in [1.165, 1.54) is 12.8 Å². The van der Waals surface area contributed by atoms with E-state index in [0.29, 0.717) is 5.92 Å². The minimum atomic E-state index is -0.0569. The molecule has 2 N–H and O–H groups in total. The van der Waals surface area contributed by atoms with E-state index in [0.717, 1.165) is 26.0 Å². The molecule has 0 aromatic rings. The van der Waals surface area contributed by atoms with Gasteiger partial charge in [0.25, 0.3) is 0 Å². The first kappa shape index (κ1) is 14.9. The normalized spacial score (nSPS) is 29.8. The molecular formula is C14H29NO2. The molecule has 0 aliphatic heterocycles. The van der Waals surface area contributed by atoms with Crippen molar-refractivity contribution in [3.05, 3.63) is 0 Å². The van der Waals surface area contributed by atoms with E-state index >= 15 is 0 Å². The van der Waals surface area contributed by atoms with Crippen molar-refractivity contribution in [3.8, 4) is 0 Å². The van der Waals surface area contributed by atoms with E-state index in [-0.39, 0.29) is 17.7 Å². The third-order valence-electron chi connectivity index (χ3n) is 3.77. The van der Waals surface area contributed by atoms with Crippen LogP contribution in [-0.2, 0) is 4.74 Å². The van der Waals surface area contributed by atoms with Crippen LogP contribution in [0.1, 0.15) is 53.4 Å². The zero-order chi connectivity index (χ0) is 12.9. The summed E-state index contributed by atoms with van der Waals surface area (Å²) < 4.78 is 5.80. The topological polar surface area (TPSA) is 41.5 Å².